The summed E-state index contributed by atoms with van der Waals surface area (Å²) in [6.07, 6.45) is 1.98. The molecule has 3 N–H and O–H groups in total. The lowest BCUT2D eigenvalue weighted by molar-refractivity contribution is 0.163. The molecule has 0 saturated heterocycles. The van der Waals surface area contributed by atoms with Crippen molar-refractivity contribution in [2.45, 2.75) is 50.6 Å². The van der Waals surface area contributed by atoms with Crippen LogP contribution in [0.2, 0.25) is 0 Å². The Morgan fingerprint density at radius 1 is 1.41 bits per heavy atom. The minimum absolute atomic E-state index is 0.0336. The van der Waals surface area contributed by atoms with Crippen LogP contribution in [0.15, 0.2) is 18.2 Å². The van der Waals surface area contributed by atoms with Crippen molar-refractivity contribution in [1.82, 2.24) is 10.6 Å². The number of carbonyl (C=O) groups excluding carboxylic acids is 1. The molecule has 0 radical (unpaired) electrons. The molecular weight excluding hydrogens is 290 g/mol. The second kappa shape index (κ2) is 6.60. The molecule has 22 heavy (non-hydrogen) atoms. The highest BCUT2D eigenvalue weighted by Crippen LogP contribution is 2.43. The van der Waals surface area contributed by atoms with Gasteiger partial charge in [-0.2, -0.15) is 0 Å². The number of halogens is 2. The summed E-state index contributed by atoms with van der Waals surface area (Å²) < 4.78 is 27.4. The number of aliphatic hydroxyl groups is 1. The molecule has 0 spiro atoms. The SMILES string of the molecule is CCCC(C)(CO)NC(=O)NC1CC1c1c(F)cccc1F. The summed E-state index contributed by atoms with van der Waals surface area (Å²) >= 11 is 0. The minimum Gasteiger partial charge on any atom is -0.394 e. The molecule has 1 aromatic rings. The van der Waals surface area contributed by atoms with Crippen molar-refractivity contribution < 1.29 is 18.7 Å². The zero-order valence-electron chi connectivity index (χ0n) is 12.8. The molecular formula is C16H22F2N2O2. The van der Waals surface area contributed by atoms with Crippen LogP contribution in [0.1, 0.15) is 44.6 Å². The van der Waals surface area contributed by atoms with Gasteiger partial charge >= 0.3 is 6.03 Å². The predicted molar refractivity (Wildman–Crippen MR) is 79.6 cm³/mol. The van der Waals surface area contributed by atoms with Gasteiger partial charge in [-0.3, -0.25) is 0 Å². The molecule has 4 nitrogen and oxygen atoms in total. The van der Waals surface area contributed by atoms with Gasteiger partial charge < -0.3 is 15.7 Å². The van der Waals surface area contributed by atoms with Gasteiger partial charge in [0, 0.05) is 17.5 Å². The first-order chi connectivity index (χ1) is 10.4. The molecule has 1 aliphatic carbocycles. The van der Waals surface area contributed by atoms with Gasteiger partial charge in [-0.15, -0.1) is 0 Å². The molecule has 3 unspecified atom stereocenters. The highest BCUT2D eigenvalue weighted by molar-refractivity contribution is 5.75. The molecule has 122 valence electrons. The van der Waals surface area contributed by atoms with Gasteiger partial charge in [0.1, 0.15) is 11.6 Å². The Kier molecular flexibility index (Phi) is 5.01. The van der Waals surface area contributed by atoms with Crippen molar-refractivity contribution in [3.8, 4) is 0 Å². The van der Waals surface area contributed by atoms with Gasteiger partial charge in [0.05, 0.1) is 12.1 Å². The number of benzene rings is 1. The van der Waals surface area contributed by atoms with Gasteiger partial charge in [-0.1, -0.05) is 19.4 Å². The molecule has 1 aliphatic rings. The maximum Gasteiger partial charge on any atom is 0.315 e. The Bertz CT molecular complexity index is 533. The van der Waals surface area contributed by atoms with E-state index >= 15 is 0 Å². The van der Waals surface area contributed by atoms with Gasteiger partial charge in [-0.05, 0) is 31.9 Å². The van der Waals surface area contributed by atoms with Crippen molar-refractivity contribution in [2.24, 2.45) is 0 Å². The first kappa shape index (κ1) is 16.7. The summed E-state index contributed by atoms with van der Waals surface area (Å²) in [5.74, 6) is -1.50. The monoisotopic (exact) mass is 312 g/mol. The van der Waals surface area contributed by atoms with Crippen LogP contribution in [0.3, 0.4) is 0 Å². The number of rotatable bonds is 6. The predicted octanol–water partition coefficient (Wildman–Crippen LogP) is 2.67. The van der Waals surface area contributed by atoms with E-state index in [4.69, 9.17) is 0 Å². The van der Waals surface area contributed by atoms with Crippen molar-refractivity contribution in [3.05, 3.63) is 35.4 Å². The molecule has 0 aromatic heterocycles. The van der Waals surface area contributed by atoms with Crippen molar-refractivity contribution in [1.29, 1.82) is 0 Å². The number of hydrogen-bond acceptors (Lipinski definition) is 2. The summed E-state index contributed by atoms with van der Waals surface area (Å²) in [6.45, 7) is 3.56. The average Bonchev–Trinajstić information content (AvgIpc) is 3.17. The first-order valence-corrected chi connectivity index (χ1v) is 7.53. The van der Waals surface area contributed by atoms with Crippen LogP contribution in [-0.4, -0.2) is 29.3 Å². The van der Waals surface area contributed by atoms with Crippen molar-refractivity contribution in [2.75, 3.05) is 6.61 Å². The van der Waals surface area contributed by atoms with Crippen LogP contribution in [0, 0.1) is 11.6 Å². The molecule has 1 saturated carbocycles. The summed E-state index contributed by atoms with van der Waals surface area (Å²) in [5.41, 5.74) is -0.654. The molecule has 0 aliphatic heterocycles. The molecule has 6 heteroatoms. The maximum atomic E-state index is 13.7. The zero-order valence-corrected chi connectivity index (χ0v) is 12.8. The van der Waals surface area contributed by atoms with Crippen LogP contribution in [0.5, 0.6) is 0 Å². The smallest absolute Gasteiger partial charge is 0.315 e. The zero-order chi connectivity index (χ0) is 16.3. The fourth-order valence-electron chi connectivity index (χ4n) is 2.75. The Hall–Kier alpha value is -1.69. The Balaban J connectivity index is 1.93. The van der Waals surface area contributed by atoms with Crippen LogP contribution in [-0.2, 0) is 0 Å². The van der Waals surface area contributed by atoms with Gasteiger partial charge in [0.25, 0.3) is 0 Å². The van der Waals surface area contributed by atoms with E-state index in [0.717, 1.165) is 6.42 Å². The first-order valence-electron chi connectivity index (χ1n) is 7.53. The summed E-state index contributed by atoms with van der Waals surface area (Å²) in [5, 5.41) is 14.8. The number of hydrogen-bond donors (Lipinski definition) is 3. The largest absolute Gasteiger partial charge is 0.394 e. The third-order valence-corrected chi connectivity index (χ3v) is 4.04. The highest BCUT2D eigenvalue weighted by atomic mass is 19.1. The number of aliphatic hydroxyl groups excluding tert-OH is 1. The van der Waals surface area contributed by atoms with Crippen molar-refractivity contribution in [3.63, 3.8) is 0 Å². The van der Waals surface area contributed by atoms with Gasteiger partial charge in [0.2, 0.25) is 0 Å². The summed E-state index contributed by atoms with van der Waals surface area (Å²) in [4.78, 5) is 12.0. The van der Waals surface area contributed by atoms with E-state index in [9.17, 15) is 18.7 Å². The Morgan fingerprint density at radius 3 is 2.59 bits per heavy atom. The quantitative estimate of drug-likeness (QED) is 0.756. The van der Waals surface area contributed by atoms with E-state index in [0.29, 0.717) is 12.8 Å². The molecule has 0 bridgehead atoms. The van der Waals surface area contributed by atoms with E-state index < -0.39 is 23.2 Å². The van der Waals surface area contributed by atoms with E-state index in [-0.39, 0.29) is 24.1 Å². The molecule has 1 aromatic carbocycles. The lowest BCUT2D eigenvalue weighted by atomic mass is 9.98. The van der Waals surface area contributed by atoms with Crippen LogP contribution in [0.25, 0.3) is 0 Å². The Labute approximate surface area is 128 Å². The fourth-order valence-corrected chi connectivity index (χ4v) is 2.75. The average molecular weight is 312 g/mol. The fraction of sp³-hybridized carbons (Fsp3) is 0.562. The van der Waals surface area contributed by atoms with E-state index in [1.807, 2.05) is 6.92 Å². The van der Waals surface area contributed by atoms with E-state index in [1.165, 1.54) is 18.2 Å². The highest BCUT2D eigenvalue weighted by Gasteiger charge is 2.43. The molecule has 2 amide bonds. The summed E-state index contributed by atoms with van der Waals surface area (Å²) in [6, 6.07) is 3.06. The standard InChI is InChI=1S/C16H22F2N2O2/c1-3-7-16(2,9-21)20-15(22)19-13-8-10(13)14-11(17)5-4-6-12(14)18/h4-6,10,13,21H,3,7-9H2,1-2H3,(H2,19,20,22). The van der Waals surface area contributed by atoms with Crippen LogP contribution >= 0.6 is 0 Å². The number of nitrogens with one attached hydrogen (secondary N) is 2. The number of amides is 2. The lowest BCUT2D eigenvalue weighted by Crippen LogP contribution is -2.53. The molecule has 2 rings (SSSR count). The van der Waals surface area contributed by atoms with E-state index in [2.05, 4.69) is 10.6 Å². The van der Waals surface area contributed by atoms with E-state index in [1.54, 1.807) is 6.92 Å². The second-order valence-electron chi connectivity index (χ2n) is 6.15. The van der Waals surface area contributed by atoms with Crippen LogP contribution in [0.4, 0.5) is 13.6 Å². The molecule has 0 heterocycles. The van der Waals surface area contributed by atoms with Crippen molar-refractivity contribution >= 4 is 6.03 Å². The Morgan fingerprint density at radius 2 is 2.05 bits per heavy atom. The van der Waals surface area contributed by atoms with Gasteiger partial charge in [-0.25, -0.2) is 13.6 Å². The third kappa shape index (κ3) is 3.74. The number of urea groups is 1. The second-order valence-corrected chi connectivity index (χ2v) is 6.15. The molecule has 1 fully saturated rings. The summed E-state index contributed by atoms with van der Waals surface area (Å²) in [7, 11) is 0. The molecule has 3 atom stereocenters. The minimum atomic E-state index is -0.688. The topological polar surface area (TPSA) is 61.4 Å². The van der Waals surface area contributed by atoms with Crippen LogP contribution < -0.4 is 10.6 Å². The van der Waals surface area contributed by atoms with Gasteiger partial charge in [0.15, 0.2) is 0 Å². The normalized spacial score (nSPS) is 22.8. The lowest BCUT2D eigenvalue weighted by Gasteiger charge is -2.28. The third-order valence-electron chi connectivity index (χ3n) is 4.04. The maximum absolute atomic E-state index is 13.7. The number of carbonyl (C=O) groups is 1.